The third kappa shape index (κ3) is 5.12. The van der Waals surface area contributed by atoms with Gasteiger partial charge in [-0.25, -0.2) is 8.42 Å². The molecule has 0 aliphatic carbocycles. The van der Waals surface area contributed by atoms with E-state index in [1.165, 1.54) is 34.6 Å². The fourth-order valence-corrected chi connectivity index (χ4v) is 7.95. The summed E-state index contributed by atoms with van der Waals surface area (Å²) in [5.41, 5.74) is -3.81. The van der Waals surface area contributed by atoms with E-state index in [9.17, 15) is 31.8 Å². The third-order valence-corrected chi connectivity index (χ3v) is 10.7. The summed E-state index contributed by atoms with van der Waals surface area (Å²) in [6.45, 7) is 2.23. The van der Waals surface area contributed by atoms with Gasteiger partial charge in [0, 0.05) is 37.1 Å². The number of alkyl halides is 3. The Morgan fingerprint density at radius 1 is 1.15 bits per heavy atom. The molecule has 0 radical (unpaired) electrons. The van der Waals surface area contributed by atoms with Crippen LogP contribution in [0, 0.1) is 0 Å². The SMILES string of the molecule is C[C@@](O)(c1ccc([C@]2(CN3[C@H]4COC[C@@H]3[C@@H](O)C4)CN(S(=O)(=O)c3ccccc3S)CCN2)cc1)C(F)(F)F. The molecule has 3 aliphatic rings. The second-order valence-electron chi connectivity index (χ2n) is 10.7. The number of halogens is 3. The van der Waals surface area contributed by atoms with Crippen LogP contribution in [0.25, 0.3) is 0 Å². The number of hydrogen-bond donors (Lipinski definition) is 4. The first-order valence-corrected chi connectivity index (χ1v) is 14.6. The van der Waals surface area contributed by atoms with Crippen molar-refractivity contribution in [3.63, 3.8) is 0 Å². The molecule has 2 aromatic rings. The Morgan fingerprint density at radius 2 is 1.85 bits per heavy atom. The van der Waals surface area contributed by atoms with E-state index < -0.39 is 33.4 Å². The zero-order chi connectivity index (χ0) is 28.2. The molecule has 214 valence electrons. The Labute approximate surface area is 231 Å². The quantitative estimate of drug-likeness (QED) is 0.384. The Kier molecular flexibility index (Phi) is 7.60. The zero-order valence-electron chi connectivity index (χ0n) is 21.3. The number of hydrogen-bond acceptors (Lipinski definition) is 8. The summed E-state index contributed by atoms with van der Waals surface area (Å²) in [5, 5.41) is 24.3. The Balaban J connectivity index is 1.54. The van der Waals surface area contributed by atoms with E-state index in [0.717, 1.165) is 0 Å². The molecule has 39 heavy (non-hydrogen) atoms. The third-order valence-electron chi connectivity index (χ3n) is 8.21. The first kappa shape index (κ1) is 28.8. The standard InChI is InChI=1S/C26H32F3N3O5S2/c1-24(34,26(27,28)29)17-6-8-18(9-7-17)25(16-32-19-12-21(33)20(32)14-37-13-19)15-31(11-10-30-25)39(35,36)23-5-3-2-4-22(23)38/h2-9,19-21,30,33-34,38H,10-16H2,1H3/t19-,20-,21+,24-,25-/m1/s1. The maximum atomic E-state index is 13.7. The molecule has 8 nitrogen and oxygen atoms in total. The molecule has 0 aromatic heterocycles. The predicted molar refractivity (Wildman–Crippen MR) is 140 cm³/mol. The summed E-state index contributed by atoms with van der Waals surface area (Å²) in [6, 6.07) is 11.5. The number of thiol groups is 1. The second kappa shape index (κ2) is 10.3. The van der Waals surface area contributed by atoms with Crippen molar-refractivity contribution in [2.75, 3.05) is 39.4 Å². The van der Waals surface area contributed by atoms with Gasteiger partial charge < -0.3 is 20.3 Å². The van der Waals surface area contributed by atoms with Gasteiger partial charge >= 0.3 is 6.18 Å². The van der Waals surface area contributed by atoms with Gasteiger partial charge in [0.2, 0.25) is 10.0 Å². The largest absolute Gasteiger partial charge is 0.421 e. The molecule has 0 amide bonds. The molecule has 5 atom stereocenters. The molecule has 0 saturated carbocycles. The van der Waals surface area contributed by atoms with Gasteiger partial charge in [0.25, 0.3) is 0 Å². The summed E-state index contributed by atoms with van der Waals surface area (Å²) < 4.78 is 74.9. The summed E-state index contributed by atoms with van der Waals surface area (Å²) in [4.78, 5) is 2.50. The lowest BCUT2D eigenvalue weighted by atomic mass is 9.84. The lowest BCUT2D eigenvalue weighted by Gasteiger charge is -2.48. The van der Waals surface area contributed by atoms with Crippen molar-refractivity contribution in [3.8, 4) is 0 Å². The van der Waals surface area contributed by atoms with Gasteiger partial charge in [0.1, 0.15) is 0 Å². The van der Waals surface area contributed by atoms with Crippen molar-refractivity contribution in [2.24, 2.45) is 0 Å². The summed E-state index contributed by atoms with van der Waals surface area (Å²) in [6.07, 6.45) is -4.95. The number of nitrogens with zero attached hydrogens (tertiary/aromatic N) is 2. The number of sulfonamides is 1. The average molecular weight is 588 g/mol. The number of morpholine rings is 1. The molecule has 2 aromatic carbocycles. The highest BCUT2D eigenvalue weighted by Crippen LogP contribution is 2.40. The molecule has 3 saturated heterocycles. The highest BCUT2D eigenvalue weighted by atomic mass is 32.2. The minimum Gasteiger partial charge on any atom is -0.391 e. The first-order chi connectivity index (χ1) is 18.3. The van der Waals surface area contributed by atoms with Crippen LogP contribution >= 0.6 is 12.6 Å². The first-order valence-electron chi connectivity index (χ1n) is 12.7. The van der Waals surface area contributed by atoms with Gasteiger partial charge in [-0.15, -0.1) is 12.6 Å². The van der Waals surface area contributed by atoms with Crippen LogP contribution in [-0.4, -0.2) is 91.6 Å². The van der Waals surface area contributed by atoms with Crippen molar-refractivity contribution >= 4 is 22.7 Å². The second-order valence-corrected chi connectivity index (χ2v) is 13.1. The Hall–Kier alpha value is -1.71. The number of rotatable bonds is 6. The van der Waals surface area contributed by atoms with Crippen LogP contribution in [0.3, 0.4) is 0 Å². The molecular formula is C26H32F3N3O5S2. The Morgan fingerprint density at radius 3 is 2.49 bits per heavy atom. The highest BCUT2D eigenvalue weighted by Gasteiger charge is 2.52. The predicted octanol–water partition coefficient (Wildman–Crippen LogP) is 2.07. The number of aliphatic hydroxyl groups excluding tert-OH is 1. The van der Waals surface area contributed by atoms with Gasteiger partial charge in [0.15, 0.2) is 5.60 Å². The number of ether oxygens (including phenoxy) is 1. The topological polar surface area (TPSA) is 102 Å². The van der Waals surface area contributed by atoms with E-state index in [4.69, 9.17) is 4.74 Å². The van der Waals surface area contributed by atoms with Crippen molar-refractivity contribution in [1.82, 2.24) is 14.5 Å². The fourth-order valence-electron chi connectivity index (χ4n) is 5.86. The highest BCUT2D eigenvalue weighted by molar-refractivity contribution is 7.90. The van der Waals surface area contributed by atoms with Crippen LogP contribution in [0.5, 0.6) is 0 Å². The van der Waals surface area contributed by atoms with Gasteiger partial charge in [-0.05, 0) is 36.6 Å². The average Bonchev–Trinajstić information content (AvgIpc) is 3.04. The maximum absolute atomic E-state index is 13.7. The molecule has 2 bridgehead atoms. The molecular weight excluding hydrogens is 555 g/mol. The van der Waals surface area contributed by atoms with E-state index in [0.29, 0.717) is 43.6 Å². The van der Waals surface area contributed by atoms with Crippen molar-refractivity contribution in [3.05, 3.63) is 59.7 Å². The normalized spacial score (nSPS) is 30.3. The van der Waals surface area contributed by atoms with Crippen molar-refractivity contribution in [2.45, 2.75) is 58.6 Å². The van der Waals surface area contributed by atoms with Crippen LogP contribution in [0.15, 0.2) is 58.3 Å². The van der Waals surface area contributed by atoms with E-state index in [2.05, 4.69) is 22.8 Å². The lowest BCUT2D eigenvalue weighted by Crippen LogP contribution is -2.65. The molecule has 3 heterocycles. The molecule has 3 N–H and O–H groups in total. The van der Waals surface area contributed by atoms with Crippen molar-refractivity contribution in [1.29, 1.82) is 0 Å². The van der Waals surface area contributed by atoms with E-state index in [1.54, 1.807) is 18.2 Å². The summed E-state index contributed by atoms with van der Waals surface area (Å²) >= 11 is 4.35. The minimum absolute atomic E-state index is 0.000647. The molecule has 0 spiro atoms. The van der Waals surface area contributed by atoms with Gasteiger partial charge in [-0.3, -0.25) is 4.90 Å². The van der Waals surface area contributed by atoms with Crippen LogP contribution in [0.4, 0.5) is 13.2 Å². The number of benzene rings is 2. The van der Waals surface area contributed by atoms with Crippen LogP contribution in [0.2, 0.25) is 0 Å². The number of nitrogens with one attached hydrogen (secondary N) is 1. The number of fused-ring (bicyclic) bond motifs is 2. The van der Waals surface area contributed by atoms with Gasteiger partial charge in [-0.1, -0.05) is 36.4 Å². The summed E-state index contributed by atoms with van der Waals surface area (Å²) in [5.74, 6) is 0. The smallest absolute Gasteiger partial charge is 0.391 e. The van der Waals surface area contributed by atoms with Crippen LogP contribution in [-0.2, 0) is 25.9 Å². The minimum atomic E-state index is -4.87. The van der Waals surface area contributed by atoms with Crippen LogP contribution in [0.1, 0.15) is 24.5 Å². The van der Waals surface area contributed by atoms with Crippen molar-refractivity contribution < 1.29 is 36.5 Å². The van der Waals surface area contributed by atoms with Gasteiger partial charge in [-0.2, -0.15) is 17.5 Å². The molecule has 3 fully saturated rings. The van der Waals surface area contributed by atoms with Gasteiger partial charge in [0.05, 0.1) is 35.8 Å². The monoisotopic (exact) mass is 587 g/mol. The Bertz CT molecular complexity index is 1310. The number of aliphatic hydroxyl groups is 2. The number of piperazine rings is 1. The molecule has 0 unspecified atom stereocenters. The fraction of sp³-hybridized carbons (Fsp3) is 0.538. The maximum Gasteiger partial charge on any atom is 0.421 e. The van der Waals surface area contributed by atoms with E-state index >= 15 is 0 Å². The van der Waals surface area contributed by atoms with E-state index in [-0.39, 0.29) is 42.2 Å². The summed E-state index contributed by atoms with van der Waals surface area (Å²) in [7, 11) is -3.95. The molecule has 3 aliphatic heterocycles. The molecule has 5 rings (SSSR count). The zero-order valence-corrected chi connectivity index (χ0v) is 23.0. The van der Waals surface area contributed by atoms with Crippen LogP contribution < -0.4 is 5.32 Å². The molecule has 13 heteroatoms. The van der Waals surface area contributed by atoms with E-state index in [1.807, 2.05) is 0 Å². The lowest BCUT2D eigenvalue weighted by molar-refractivity contribution is -0.258.